The fourth-order valence-electron chi connectivity index (χ4n) is 5.41. The Morgan fingerprint density at radius 1 is 0.930 bits per heavy atom. The fraction of sp³-hybridized carbons (Fsp3) is 0.200. The van der Waals surface area contributed by atoms with E-state index in [2.05, 4.69) is 5.32 Å². The summed E-state index contributed by atoms with van der Waals surface area (Å²) in [6, 6.07) is 16.8. The van der Waals surface area contributed by atoms with Crippen LogP contribution in [0.25, 0.3) is 0 Å². The summed E-state index contributed by atoms with van der Waals surface area (Å²) in [5.74, 6) is -4.09. The molecule has 43 heavy (non-hydrogen) atoms. The molecule has 3 aromatic carbocycles. The van der Waals surface area contributed by atoms with Crippen molar-refractivity contribution < 1.29 is 31.9 Å². The first kappa shape index (κ1) is 28.9. The Labute approximate surface area is 250 Å². The number of carbonyl (C=O) groups excluding carboxylic acids is 3. The summed E-state index contributed by atoms with van der Waals surface area (Å²) in [6.07, 6.45) is -4.71. The lowest BCUT2D eigenvalue weighted by atomic mass is 9.83. The zero-order valence-electron chi connectivity index (χ0n) is 22.2. The van der Waals surface area contributed by atoms with E-state index >= 15 is 0 Å². The minimum Gasteiger partial charge on any atom is -0.324 e. The predicted octanol–water partition coefficient (Wildman–Crippen LogP) is 5.81. The van der Waals surface area contributed by atoms with Crippen LogP contribution < -0.4 is 15.1 Å². The molecular formula is C30H21F4N3O4S2. The van der Waals surface area contributed by atoms with Crippen LogP contribution in [0.15, 0.2) is 82.6 Å². The third kappa shape index (κ3) is 5.16. The van der Waals surface area contributed by atoms with Crippen LogP contribution in [0, 0.1) is 18.7 Å². The van der Waals surface area contributed by atoms with Gasteiger partial charge in [-0.2, -0.15) is 13.2 Å². The first-order chi connectivity index (χ1) is 20.4. The largest absolute Gasteiger partial charge is 0.418 e. The van der Waals surface area contributed by atoms with E-state index in [1.54, 1.807) is 24.3 Å². The minimum atomic E-state index is -4.71. The van der Waals surface area contributed by atoms with Gasteiger partial charge in [-0.05, 0) is 48.9 Å². The van der Waals surface area contributed by atoms with E-state index in [0.29, 0.717) is 16.1 Å². The van der Waals surface area contributed by atoms with Gasteiger partial charge in [0.15, 0.2) is 0 Å². The Hall–Kier alpha value is -4.23. The van der Waals surface area contributed by atoms with Crippen LogP contribution in [0.5, 0.6) is 0 Å². The second-order valence-electron chi connectivity index (χ2n) is 10.2. The number of aryl methyl sites for hydroxylation is 1. The molecule has 0 radical (unpaired) electrons. The lowest BCUT2D eigenvalue weighted by Crippen LogP contribution is -2.33. The average molecular weight is 628 g/mol. The molecule has 13 heteroatoms. The van der Waals surface area contributed by atoms with Crippen molar-refractivity contribution in [1.82, 2.24) is 4.57 Å². The molecule has 1 fully saturated rings. The summed E-state index contributed by atoms with van der Waals surface area (Å²) in [5.41, 5.74) is 0.321. The quantitative estimate of drug-likeness (QED) is 0.223. The molecule has 6 rings (SSSR count). The van der Waals surface area contributed by atoms with Crippen LogP contribution in [0.4, 0.5) is 28.9 Å². The summed E-state index contributed by atoms with van der Waals surface area (Å²) >= 11 is 1.75. The number of aromatic nitrogens is 1. The Bertz CT molecular complexity index is 1820. The van der Waals surface area contributed by atoms with E-state index < -0.39 is 69.5 Å². The SMILES string of the molecule is Cc1ccc(N2C(=O)C3Sc4c(sc(=O)n4CC(=O)Nc4ccccc4C(F)(F)F)[C@H](c4ccc(F)cc4)C3C2=O)cc1. The molecule has 4 aromatic rings. The number of fused-ring (bicyclic) bond motifs is 2. The summed E-state index contributed by atoms with van der Waals surface area (Å²) < 4.78 is 55.4. The van der Waals surface area contributed by atoms with Crippen molar-refractivity contribution in [2.24, 2.45) is 5.92 Å². The number of alkyl halides is 3. The van der Waals surface area contributed by atoms with E-state index in [4.69, 9.17) is 0 Å². The van der Waals surface area contributed by atoms with E-state index in [-0.39, 0.29) is 5.03 Å². The van der Waals surface area contributed by atoms with Crippen molar-refractivity contribution >= 4 is 52.2 Å². The number of nitrogens with zero attached hydrogens (tertiary/aromatic N) is 2. The van der Waals surface area contributed by atoms with Crippen LogP contribution >= 0.6 is 23.1 Å². The maximum Gasteiger partial charge on any atom is 0.418 e. The number of carbonyl (C=O) groups is 3. The summed E-state index contributed by atoms with van der Waals surface area (Å²) in [5, 5.41) is 1.53. The normalized spacial score (nSPS) is 19.7. The number of hydrogen-bond acceptors (Lipinski definition) is 6. The highest BCUT2D eigenvalue weighted by atomic mass is 32.2. The lowest BCUT2D eigenvalue weighted by molar-refractivity contribution is -0.137. The third-order valence-electron chi connectivity index (χ3n) is 7.38. The fourth-order valence-corrected chi connectivity index (χ4v) is 8.18. The van der Waals surface area contributed by atoms with E-state index in [1.807, 2.05) is 6.92 Å². The Balaban J connectivity index is 1.39. The average Bonchev–Trinajstić information content (AvgIpc) is 3.40. The molecule has 0 saturated carbocycles. The number of thioether (sulfide) groups is 1. The van der Waals surface area contributed by atoms with Crippen molar-refractivity contribution in [2.75, 3.05) is 10.2 Å². The molecule has 1 saturated heterocycles. The van der Waals surface area contributed by atoms with Gasteiger partial charge in [0.1, 0.15) is 17.6 Å². The van der Waals surface area contributed by atoms with E-state index in [9.17, 15) is 36.7 Å². The lowest BCUT2D eigenvalue weighted by Gasteiger charge is -2.30. The second kappa shape index (κ2) is 10.8. The molecule has 0 bridgehead atoms. The molecule has 3 heterocycles. The zero-order chi connectivity index (χ0) is 30.6. The summed E-state index contributed by atoms with van der Waals surface area (Å²) in [7, 11) is 0. The predicted molar refractivity (Wildman–Crippen MR) is 154 cm³/mol. The number of nitrogens with one attached hydrogen (secondary N) is 1. The summed E-state index contributed by atoms with van der Waals surface area (Å²) in [6.45, 7) is 1.24. The number of imide groups is 1. The highest BCUT2D eigenvalue weighted by molar-refractivity contribution is 8.00. The van der Waals surface area contributed by atoms with Crippen LogP contribution in [0.3, 0.4) is 0 Å². The standard InChI is InChI=1S/C30H21F4N3O4S2/c1-15-6-12-18(13-7-15)37-26(39)23-22(16-8-10-17(31)11-9-16)25-28(42-24(23)27(37)40)36(29(41)43-25)14-21(38)35-20-5-3-2-4-19(20)30(32,33)34/h2-13,22-24H,14H2,1H3,(H,35,38)/t22-,23?,24?/m1/s1. The topological polar surface area (TPSA) is 88.5 Å². The molecule has 2 unspecified atom stereocenters. The van der Waals surface area contributed by atoms with Crippen LogP contribution in [-0.2, 0) is 27.1 Å². The van der Waals surface area contributed by atoms with Crippen molar-refractivity contribution in [3.8, 4) is 0 Å². The first-order valence-electron chi connectivity index (χ1n) is 13.0. The molecule has 3 amide bonds. The van der Waals surface area contributed by atoms with Gasteiger partial charge < -0.3 is 5.32 Å². The van der Waals surface area contributed by atoms with Gasteiger partial charge in [0.05, 0.1) is 27.9 Å². The first-order valence-corrected chi connectivity index (χ1v) is 14.7. The van der Waals surface area contributed by atoms with E-state index in [0.717, 1.165) is 50.3 Å². The van der Waals surface area contributed by atoms with Gasteiger partial charge >= 0.3 is 11.0 Å². The third-order valence-corrected chi connectivity index (χ3v) is 9.98. The Morgan fingerprint density at radius 3 is 2.28 bits per heavy atom. The number of amides is 3. The Kier molecular flexibility index (Phi) is 7.25. The monoisotopic (exact) mass is 627 g/mol. The number of hydrogen-bond donors (Lipinski definition) is 1. The molecule has 2 aliphatic heterocycles. The molecule has 1 aromatic heterocycles. The smallest absolute Gasteiger partial charge is 0.324 e. The van der Waals surface area contributed by atoms with E-state index in [1.165, 1.54) is 36.4 Å². The van der Waals surface area contributed by atoms with Gasteiger partial charge in [0.25, 0.3) is 0 Å². The number of benzene rings is 3. The molecule has 2 aliphatic rings. The molecule has 7 nitrogen and oxygen atoms in total. The van der Waals surface area contributed by atoms with Gasteiger partial charge in [0.2, 0.25) is 17.7 Å². The number of halogens is 4. The molecule has 1 N–H and O–H groups in total. The zero-order valence-corrected chi connectivity index (χ0v) is 23.9. The van der Waals surface area contributed by atoms with Gasteiger partial charge in [-0.25, -0.2) is 9.29 Å². The highest BCUT2D eigenvalue weighted by Gasteiger charge is 2.56. The van der Waals surface area contributed by atoms with Gasteiger partial charge in [-0.1, -0.05) is 65.1 Å². The molecule has 3 atom stereocenters. The number of para-hydroxylation sites is 1. The molecule has 0 spiro atoms. The molecule has 220 valence electrons. The van der Waals surface area contributed by atoms with Crippen molar-refractivity contribution in [3.63, 3.8) is 0 Å². The van der Waals surface area contributed by atoms with Gasteiger partial charge in [-0.3, -0.25) is 23.7 Å². The maximum absolute atomic E-state index is 13.9. The van der Waals surface area contributed by atoms with Crippen molar-refractivity contribution in [1.29, 1.82) is 0 Å². The van der Waals surface area contributed by atoms with Crippen molar-refractivity contribution in [2.45, 2.75) is 35.8 Å². The van der Waals surface area contributed by atoms with Gasteiger partial charge in [0, 0.05) is 10.8 Å². The molecular weight excluding hydrogens is 606 g/mol. The maximum atomic E-state index is 13.9. The summed E-state index contributed by atoms with van der Waals surface area (Å²) in [4.78, 5) is 54.7. The van der Waals surface area contributed by atoms with Crippen LogP contribution in [-0.4, -0.2) is 27.5 Å². The number of anilines is 2. The minimum absolute atomic E-state index is 0.261. The van der Waals surface area contributed by atoms with Crippen LogP contribution in [0.2, 0.25) is 0 Å². The number of rotatable bonds is 5. The van der Waals surface area contributed by atoms with Crippen molar-refractivity contribution in [3.05, 3.63) is 110 Å². The Morgan fingerprint density at radius 2 is 1.60 bits per heavy atom. The highest BCUT2D eigenvalue weighted by Crippen LogP contribution is 2.54. The second-order valence-corrected chi connectivity index (χ2v) is 12.3. The van der Waals surface area contributed by atoms with Gasteiger partial charge in [-0.15, -0.1) is 0 Å². The number of thiazole rings is 1. The molecule has 0 aliphatic carbocycles. The van der Waals surface area contributed by atoms with Crippen LogP contribution in [0.1, 0.15) is 27.5 Å².